The zero-order valence-corrected chi connectivity index (χ0v) is 22.4. The molecule has 9 heteroatoms. The second kappa shape index (κ2) is 10.7. The van der Waals surface area contributed by atoms with Gasteiger partial charge in [-0.1, -0.05) is 60.6 Å². The Morgan fingerprint density at radius 1 is 1.03 bits per heavy atom. The number of hydrogen-bond donors (Lipinski definition) is 1. The number of para-hydroxylation sites is 1. The van der Waals surface area contributed by atoms with Gasteiger partial charge in [0.1, 0.15) is 0 Å². The summed E-state index contributed by atoms with van der Waals surface area (Å²) in [5.41, 5.74) is 5.99. The zero-order valence-electron chi connectivity index (χ0n) is 21.6. The lowest BCUT2D eigenvalue weighted by Gasteiger charge is -2.15. The molecule has 0 saturated heterocycles. The van der Waals surface area contributed by atoms with Crippen molar-refractivity contribution in [1.82, 2.24) is 34.7 Å². The summed E-state index contributed by atoms with van der Waals surface area (Å²) >= 11 is 1.43. The van der Waals surface area contributed by atoms with E-state index < -0.39 is 0 Å². The first-order valence-corrected chi connectivity index (χ1v) is 13.4. The van der Waals surface area contributed by atoms with Crippen LogP contribution in [0.3, 0.4) is 0 Å². The van der Waals surface area contributed by atoms with E-state index in [4.69, 9.17) is 15.1 Å². The van der Waals surface area contributed by atoms with Gasteiger partial charge in [-0.3, -0.25) is 9.48 Å². The summed E-state index contributed by atoms with van der Waals surface area (Å²) in [7, 11) is 0. The maximum Gasteiger partial charge on any atom is 0.233 e. The van der Waals surface area contributed by atoms with Gasteiger partial charge in [0, 0.05) is 30.6 Å². The van der Waals surface area contributed by atoms with Crippen LogP contribution in [-0.4, -0.2) is 40.5 Å². The number of fused-ring (bicyclic) bond motifs is 3. The largest absolute Gasteiger partial charge is 0.351 e. The minimum atomic E-state index is -0.301. The molecular weight excluding hydrogens is 482 g/mol. The minimum Gasteiger partial charge on any atom is -0.351 e. The molecule has 37 heavy (non-hydrogen) atoms. The van der Waals surface area contributed by atoms with Crippen LogP contribution in [0.5, 0.6) is 0 Å². The number of aryl methyl sites for hydroxylation is 5. The first-order valence-electron chi connectivity index (χ1n) is 12.6. The van der Waals surface area contributed by atoms with Crippen molar-refractivity contribution in [2.75, 3.05) is 0 Å². The molecule has 3 heterocycles. The van der Waals surface area contributed by atoms with Crippen molar-refractivity contribution in [1.29, 1.82) is 0 Å². The highest BCUT2D eigenvalue weighted by molar-refractivity contribution is 8.00. The molecule has 1 amide bonds. The molecule has 0 radical (unpaired) electrons. The molecule has 0 aliphatic rings. The van der Waals surface area contributed by atoms with Crippen LogP contribution in [0.15, 0.2) is 59.8 Å². The van der Waals surface area contributed by atoms with E-state index in [1.807, 2.05) is 54.9 Å². The third kappa shape index (κ3) is 5.51. The maximum atomic E-state index is 13.1. The average Bonchev–Trinajstić information content (AvgIpc) is 3.47. The maximum absolute atomic E-state index is 13.1. The van der Waals surface area contributed by atoms with Crippen LogP contribution in [0.25, 0.3) is 16.6 Å². The lowest BCUT2D eigenvalue weighted by Crippen LogP contribution is -2.32. The van der Waals surface area contributed by atoms with Crippen molar-refractivity contribution in [2.45, 2.75) is 64.0 Å². The predicted octanol–water partition coefficient (Wildman–Crippen LogP) is 4.83. The molecule has 5 aromatic rings. The number of hydrogen-bond acceptors (Lipinski definition) is 6. The number of aromatic nitrogens is 6. The smallest absolute Gasteiger partial charge is 0.233 e. The molecular formula is C28H31N7OS. The van der Waals surface area contributed by atoms with Crippen LogP contribution in [0.4, 0.5) is 0 Å². The first kappa shape index (κ1) is 25.0. The van der Waals surface area contributed by atoms with Gasteiger partial charge in [0.2, 0.25) is 5.91 Å². The van der Waals surface area contributed by atoms with Crippen molar-refractivity contribution in [3.05, 3.63) is 82.9 Å². The average molecular weight is 514 g/mol. The molecule has 0 unspecified atom stereocenters. The highest BCUT2D eigenvalue weighted by Crippen LogP contribution is 2.28. The van der Waals surface area contributed by atoms with Gasteiger partial charge >= 0.3 is 0 Å². The van der Waals surface area contributed by atoms with E-state index in [0.717, 1.165) is 39.3 Å². The molecule has 1 N–H and O–H groups in total. The second-order valence-corrected chi connectivity index (χ2v) is 10.5. The van der Waals surface area contributed by atoms with Crippen LogP contribution in [-0.2, 0) is 24.3 Å². The van der Waals surface area contributed by atoms with Crippen LogP contribution in [0.2, 0.25) is 0 Å². The highest BCUT2D eigenvalue weighted by Gasteiger charge is 2.22. The van der Waals surface area contributed by atoms with Crippen LogP contribution in [0, 0.1) is 20.8 Å². The Balaban J connectivity index is 1.40. The van der Waals surface area contributed by atoms with Gasteiger partial charge in [-0.2, -0.15) is 9.61 Å². The van der Waals surface area contributed by atoms with Crippen LogP contribution >= 0.6 is 11.8 Å². The molecule has 0 aliphatic heterocycles. The van der Waals surface area contributed by atoms with Crippen molar-refractivity contribution < 1.29 is 4.79 Å². The molecule has 2 aromatic carbocycles. The standard InChI is InChI=1S/C28H31N7OS/c1-5-24(27(36)29-17-21-12-10-18(2)11-13-21)37-28-30-23-9-7-6-8-22(23)26-31-25(33-35(26)28)14-15-34-20(4)16-19(3)32-34/h6-13,16,24H,5,14-15,17H2,1-4H3,(H,29,36)/t24-/m0/s1. The summed E-state index contributed by atoms with van der Waals surface area (Å²) < 4.78 is 3.78. The summed E-state index contributed by atoms with van der Waals surface area (Å²) in [6.45, 7) is 9.31. The van der Waals surface area contributed by atoms with E-state index in [1.54, 1.807) is 4.52 Å². The van der Waals surface area contributed by atoms with Crippen molar-refractivity contribution >= 4 is 34.2 Å². The molecule has 0 fully saturated rings. The number of nitrogens with zero attached hydrogens (tertiary/aromatic N) is 6. The molecule has 0 aliphatic carbocycles. The zero-order chi connectivity index (χ0) is 25.9. The van der Waals surface area contributed by atoms with Crippen molar-refractivity contribution in [3.8, 4) is 0 Å². The number of benzene rings is 2. The van der Waals surface area contributed by atoms with E-state index in [0.29, 0.717) is 31.1 Å². The Labute approximate surface area is 220 Å². The number of nitrogens with one attached hydrogen (secondary N) is 1. The molecule has 190 valence electrons. The first-order chi connectivity index (χ1) is 17.9. The summed E-state index contributed by atoms with van der Waals surface area (Å²) in [5.74, 6) is 0.713. The minimum absolute atomic E-state index is 0.0129. The Bertz CT molecular complexity index is 1550. The number of carbonyl (C=O) groups is 1. The van der Waals surface area contributed by atoms with Gasteiger partial charge in [-0.25, -0.2) is 9.97 Å². The lowest BCUT2D eigenvalue weighted by atomic mass is 10.1. The van der Waals surface area contributed by atoms with E-state index in [2.05, 4.69) is 42.5 Å². The van der Waals surface area contributed by atoms with Crippen molar-refractivity contribution in [2.24, 2.45) is 0 Å². The van der Waals surface area contributed by atoms with E-state index in [1.165, 1.54) is 17.3 Å². The quantitative estimate of drug-likeness (QED) is 0.224. The Morgan fingerprint density at radius 2 is 1.81 bits per heavy atom. The molecule has 0 saturated carbocycles. The molecule has 8 nitrogen and oxygen atoms in total. The molecule has 1 atom stereocenters. The number of rotatable bonds is 9. The third-order valence-corrected chi connectivity index (χ3v) is 7.65. The Hall–Kier alpha value is -3.72. The van der Waals surface area contributed by atoms with E-state index in [-0.39, 0.29) is 11.2 Å². The number of carbonyl (C=O) groups excluding carboxylic acids is 1. The van der Waals surface area contributed by atoms with Crippen LogP contribution < -0.4 is 5.32 Å². The molecule has 5 rings (SSSR count). The fraction of sp³-hybridized carbons (Fsp3) is 0.321. The summed E-state index contributed by atoms with van der Waals surface area (Å²) in [5, 5.41) is 13.7. The van der Waals surface area contributed by atoms with Crippen LogP contribution in [0.1, 0.15) is 41.7 Å². The van der Waals surface area contributed by atoms with Gasteiger partial charge in [-0.15, -0.1) is 5.10 Å². The van der Waals surface area contributed by atoms with E-state index >= 15 is 0 Å². The van der Waals surface area contributed by atoms with Gasteiger partial charge in [0.25, 0.3) is 0 Å². The molecule has 0 bridgehead atoms. The van der Waals surface area contributed by atoms with Gasteiger partial charge in [0.05, 0.1) is 16.5 Å². The lowest BCUT2D eigenvalue weighted by molar-refractivity contribution is -0.120. The molecule has 0 spiro atoms. The predicted molar refractivity (Wildman–Crippen MR) is 147 cm³/mol. The highest BCUT2D eigenvalue weighted by atomic mass is 32.2. The van der Waals surface area contributed by atoms with Gasteiger partial charge < -0.3 is 5.32 Å². The number of thioether (sulfide) groups is 1. The van der Waals surface area contributed by atoms with E-state index in [9.17, 15) is 4.79 Å². The normalized spacial score (nSPS) is 12.3. The number of amides is 1. The fourth-order valence-corrected chi connectivity index (χ4v) is 5.31. The summed E-state index contributed by atoms with van der Waals surface area (Å²) in [6.07, 6.45) is 1.32. The summed E-state index contributed by atoms with van der Waals surface area (Å²) in [4.78, 5) is 22.8. The Kier molecular flexibility index (Phi) is 7.23. The third-order valence-electron chi connectivity index (χ3n) is 6.34. The molecule has 3 aromatic heterocycles. The topological polar surface area (TPSA) is 90.0 Å². The van der Waals surface area contributed by atoms with Gasteiger partial charge in [-0.05, 0) is 51.0 Å². The Morgan fingerprint density at radius 3 is 2.54 bits per heavy atom. The monoisotopic (exact) mass is 513 g/mol. The summed E-state index contributed by atoms with van der Waals surface area (Å²) in [6, 6.07) is 18.2. The SMILES string of the molecule is CC[C@H](Sc1nc2ccccc2c2nc(CCn3nc(C)cc3C)nn12)C(=O)NCc1ccc(C)cc1. The second-order valence-electron chi connectivity index (χ2n) is 9.29. The fourth-order valence-electron chi connectivity index (χ4n) is 4.32. The van der Waals surface area contributed by atoms with Crippen molar-refractivity contribution in [3.63, 3.8) is 0 Å². The van der Waals surface area contributed by atoms with Gasteiger partial charge in [0.15, 0.2) is 16.6 Å².